The highest BCUT2D eigenvalue weighted by Gasteiger charge is 2.42. The van der Waals surface area contributed by atoms with Crippen molar-refractivity contribution in [3.63, 3.8) is 0 Å². The number of nitro benzene ring substituents is 1. The maximum Gasteiger partial charge on any atom is 0.271 e. The topological polar surface area (TPSA) is 77.9 Å². The van der Waals surface area contributed by atoms with E-state index in [1.807, 2.05) is 70.2 Å². The average Bonchev–Trinajstić information content (AvgIpc) is 3.09. The number of aryl methyl sites for hydroxylation is 1. The fourth-order valence-electron chi connectivity index (χ4n) is 2.79. The predicted molar refractivity (Wildman–Crippen MR) is 120 cm³/mol. The zero-order chi connectivity index (χ0) is 21.2. The smallest absolute Gasteiger partial charge is 0.271 e. The summed E-state index contributed by atoms with van der Waals surface area (Å²) in [6.07, 6.45) is 0. The van der Waals surface area contributed by atoms with Crippen LogP contribution < -0.4 is 10.0 Å². The van der Waals surface area contributed by atoms with Gasteiger partial charge in [-0.1, -0.05) is 39.0 Å². The monoisotopic (exact) mass is 476 g/mol. The summed E-state index contributed by atoms with van der Waals surface area (Å²) >= 11 is 3.48. The van der Waals surface area contributed by atoms with E-state index in [1.54, 1.807) is 6.07 Å². The number of para-hydroxylation sites is 1. The lowest BCUT2D eigenvalue weighted by atomic mass is 10.3. The Hall–Kier alpha value is -2.37. The van der Waals surface area contributed by atoms with Gasteiger partial charge in [-0.2, -0.15) is 0 Å². The van der Waals surface area contributed by atoms with Gasteiger partial charge in [0.1, 0.15) is 11.5 Å². The Balaban J connectivity index is 2.34. The molecule has 0 fully saturated rings. The Morgan fingerprint density at radius 1 is 1.10 bits per heavy atom. The van der Waals surface area contributed by atoms with E-state index in [4.69, 9.17) is 13.7 Å². The highest BCUT2D eigenvalue weighted by molar-refractivity contribution is 9.10. The number of halogens is 1. The van der Waals surface area contributed by atoms with Gasteiger partial charge < -0.3 is 8.94 Å². The van der Waals surface area contributed by atoms with Gasteiger partial charge in [0.2, 0.25) is 7.28 Å². The molecule has 3 rings (SSSR count). The van der Waals surface area contributed by atoms with Gasteiger partial charge in [0, 0.05) is 21.8 Å². The molecule has 29 heavy (non-hydrogen) atoms. The van der Waals surface area contributed by atoms with Crippen LogP contribution in [0.2, 0.25) is 0 Å². The third kappa shape index (κ3) is 4.46. The predicted octanol–water partition coefficient (Wildman–Crippen LogP) is 7.21. The number of hydrogen-bond donors (Lipinski definition) is 0. The zero-order valence-corrected chi connectivity index (χ0v) is 19.1. The molecule has 1 atom stereocenters. The number of rotatable bonds is 5. The summed E-state index contributed by atoms with van der Waals surface area (Å²) in [4.78, 5) is 10.9. The lowest BCUT2D eigenvalue weighted by molar-refractivity contribution is -0.384. The van der Waals surface area contributed by atoms with Crippen LogP contribution in [0.25, 0.3) is 0 Å². The van der Waals surface area contributed by atoms with E-state index in [2.05, 4.69) is 15.9 Å². The van der Waals surface area contributed by atoms with E-state index in [0.717, 1.165) is 5.76 Å². The summed E-state index contributed by atoms with van der Waals surface area (Å²) in [6, 6.07) is 17.7. The van der Waals surface area contributed by atoms with Gasteiger partial charge in [-0.25, -0.2) is 4.74 Å². The second-order valence-corrected chi connectivity index (χ2v) is 11.7. The molecule has 1 aromatic heterocycles. The van der Waals surface area contributed by atoms with Gasteiger partial charge in [0.05, 0.1) is 10.6 Å². The van der Waals surface area contributed by atoms with Crippen LogP contribution in [0.15, 0.2) is 74.3 Å². The molecule has 1 heterocycles. The van der Waals surface area contributed by atoms with Gasteiger partial charge in [-0.15, -0.1) is 0 Å². The molecule has 8 heteroatoms. The van der Waals surface area contributed by atoms with Crippen molar-refractivity contribution in [3.05, 3.63) is 81.0 Å². The van der Waals surface area contributed by atoms with E-state index in [0.29, 0.717) is 21.4 Å². The fourth-order valence-corrected chi connectivity index (χ4v) is 6.17. The van der Waals surface area contributed by atoms with Crippen molar-refractivity contribution in [2.75, 3.05) is 0 Å². The molecule has 152 valence electrons. The van der Waals surface area contributed by atoms with Crippen LogP contribution in [-0.2, 0) is 0 Å². The molecular formula is C21H22BrN2O4P. The van der Waals surface area contributed by atoms with E-state index < -0.39 is 17.4 Å². The van der Waals surface area contributed by atoms with Gasteiger partial charge in [0.25, 0.3) is 5.69 Å². The minimum absolute atomic E-state index is 0.0331. The van der Waals surface area contributed by atoms with Gasteiger partial charge in [0.15, 0.2) is 5.50 Å². The van der Waals surface area contributed by atoms with E-state index >= 15 is 0 Å². The quantitative estimate of drug-likeness (QED) is 0.221. The van der Waals surface area contributed by atoms with Crippen LogP contribution >= 0.6 is 23.2 Å². The SMILES string of the molecule is Cc1ccc([P@@](=Nc2cc([N+](=O)[O-])ccc2Br)(Oc2ccccc2)C(C)(C)C)o1. The van der Waals surface area contributed by atoms with Gasteiger partial charge >= 0.3 is 0 Å². The van der Waals surface area contributed by atoms with Crippen LogP contribution in [0.5, 0.6) is 5.75 Å². The minimum atomic E-state index is -2.83. The van der Waals surface area contributed by atoms with Crippen molar-refractivity contribution in [1.82, 2.24) is 0 Å². The van der Waals surface area contributed by atoms with Crippen LogP contribution in [0, 0.1) is 17.0 Å². The standard InChI is InChI=1S/C21H22BrN2O4P/c1-15-10-13-20(27-15)29(21(2,3)4,28-17-8-6-5-7-9-17)23-19-14-16(24(25)26)11-12-18(19)22/h5-14H,1-4H3/t29-/m1/s1. The summed E-state index contributed by atoms with van der Waals surface area (Å²) in [5, 5.41) is 10.9. The minimum Gasteiger partial charge on any atom is -0.457 e. The summed E-state index contributed by atoms with van der Waals surface area (Å²) in [5.74, 6) is 1.41. The van der Waals surface area contributed by atoms with Gasteiger partial charge in [-0.05, 0) is 53.2 Å². The molecule has 0 saturated carbocycles. The van der Waals surface area contributed by atoms with Crippen LogP contribution in [0.4, 0.5) is 11.4 Å². The number of furan rings is 1. The Morgan fingerprint density at radius 2 is 1.79 bits per heavy atom. The summed E-state index contributed by atoms with van der Waals surface area (Å²) in [7, 11) is -2.83. The van der Waals surface area contributed by atoms with Crippen molar-refractivity contribution >= 4 is 40.1 Å². The van der Waals surface area contributed by atoms with Crippen LogP contribution in [0.1, 0.15) is 26.5 Å². The molecule has 0 amide bonds. The summed E-state index contributed by atoms with van der Waals surface area (Å²) in [5.41, 5.74) is 1.05. The molecular weight excluding hydrogens is 455 g/mol. The molecule has 0 aliphatic rings. The number of benzene rings is 2. The molecule has 0 aliphatic carbocycles. The van der Waals surface area contributed by atoms with Crippen molar-refractivity contribution in [2.45, 2.75) is 32.9 Å². The third-order valence-electron chi connectivity index (χ3n) is 4.30. The molecule has 0 N–H and O–H groups in total. The molecule has 6 nitrogen and oxygen atoms in total. The highest BCUT2D eigenvalue weighted by Crippen LogP contribution is 2.62. The largest absolute Gasteiger partial charge is 0.457 e. The lowest BCUT2D eigenvalue weighted by Gasteiger charge is -2.35. The Labute approximate surface area is 178 Å². The molecule has 0 radical (unpaired) electrons. The number of nitro groups is 1. The first-order valence-electron chi connectivity index (χ1n) is 9.00. The van der Waals surface area contributed by atoms with Gasteiger partial charge in [-0.3, -0.25) is 10.1 Å². The summed E-state index contributed by atoms with van der Waals surface area (Å²) in [6.45, 7) is 7.98. The first kappa shape index (κ1) is 21.3. The zero-order valence-electron chi connectivity index (χ0n) is 16.6. The fraction of sp³-hybridized carbons (Fsp3) is 0.238. The maximum absolute atomic E-state index is 11.3. The number of non-ortho nitro benzene ring substituents is 1. The van der Waals surface area contributed by atoms with Crippen molar-refractivity contribution in [3.8, 4) is 5.75 Å². The highest BCUT2D eigenvalue weighted by atomic mass is 79.9. The van der Waals surface area contributed by atoms with E-state index in [-0.39, 0.29) is 5.69 Å². The number of hydrogen-bond acceptors (Lipinski definition) is 5. The van der Waals surface area contributed by atoms with Crippen molar-refractivity contribution in [2.24, 2.45) is 4.74 Å². The lowest BCUT2D eigenvalue weighted by Crippen LogP contribution is -2.26. The maximum atomic E-state index is 11.3. The molecule has 3 aromatic rings. The first-order valence-corrected chi connectivity index (χ1v) is 11.5. The molecule has 2 aromatic carbocycles. The van der Waals surface area contributed by atoms with E-state index in [9.17, 15) is 10.1 Å². The number of nitrogens with zero attached hydrogens (tertiary/aromatic N) is 2. The van der Waals surface area contributed by atoms with Crippen LogP contribution in [-0.4, -0.2) is 10.1 Å². The summed E-state index contributed by atoms with van der Waals surface area (Å²) < 4.78 is 18.3. The molecule has 0 spiro atoms. The Bertz CT molecular complexity index is 1090. The molecule has 0 unspecified atom stereocenters. The Morgan fingerprint density at radius 3 is 2.34 bits per heavy atom. The molecule has 0 bridgehead atoms. The Kier molecular flexibility index (Phi) is 6.01. The van der Waals surface area contributed by atoms with Crippen LogP contribution in [0.3, 0.4) is 0 Å². The normalized spacial score (nSPS) is 13.6. The van der Waals surface area contributed by atoms with Crippen molar-refractivity contribution in [1.29, 1.82) is 0 Å². The second kappa shape index (κ2) is 8.17. The van der Waals surface area contributed by atoms with Crippen molar-refractivity contribution < 1.29 is 13.9 Å². The molecule has 0 saturated heterocycles. The van der Waals surface area contributed by atoms with E-state index in [1.165, 1.54) is 12.1 Å². The first-order chi connectivity index (χ1) is 13.6. The molecule has 0 aliphatic heterocycles. The second-order valence-electron chi connectivity index (χ2n) is 7.53. The average molecular weight is 477 g/mol. The third-order valence-corrected chi connectivity index (χ3v) is 8.60.